The Hall–Kier alpha value is -3.40. The van der Waals surface area contributed by atoms with Crippen molar-refractivity contribution in [3.8, 4) is 5.69 Å². The first kappa shape index (κ1) is 18.0. The summed E-state index contributed by atoms with van der Waals surface area (Å²) in [6.45, 7) is 5.30. The summed E-state index contributed by atoms with van der Waals surface area (Å²) in [5, 5.41) is 20.8. The van der Waals surface area contributed by atoms with Crippen LogP contribution in [0.3, 0.4) is 0 Å². The summed E-state index contributed by atoms with van der Waals surface area (Å²) in [6.07, 6.45) is 1.62. The molecular weight excluding hydrogens is 378 g/mol. The number of hydrogen-bond donors (Lipinski definition) is 1. The minimum atomic E-state index is -0.397. The van der Waals surface area contributed by atoms with Crippen molar-refractivity contribution in [1.82, 2.24) is 29.8 Å². The van der Waals surface area contributed by atoms with Crippen molar-refractivity contribution in [2.24, 2.45) is 0 Å². The highest BCUT2D eigenvalue weighted by Crippen LogP contribution is 2.19. The first-order valence-electron chi connectivity index (χ1n) is 8.55. The van der Waals surface area contributed by atoms with E-state index in [0.29, 0.717) is 21.7 Å². The second kappa shape index (κ2) is 6.97. The lowest BCUT2D eigenvalue weighted by molar-refractivity contribution is -0.117. The molecule has 3 heterocycles. The molecule has 0 aliphatic carbocycles. The Morgan fingerprint density at radius 3 is 2.68 bits per heavy atom. The van der Waals surface area contributed by atoms with Crippen molar-refractivity contribution in [3.63, 3.8) is 0 Å². The zero-order valence-corrected chi connectivity index (χ0v) is 16.3. The molecule has 0 atom stereocenters. The molecule has 0 radical (unpaired) electrons. The molecule has 10 heteroatoms. The number of nitrogens with one attached hydrogen (secondary N) is 1. The van der Waals surface area contributed by atoms with Gasteiger partial charge in [0.05, 0.1) is 17.6 Å². The monoisotopic (exact) mass is 395 g/mol. The molecule has 0 saturated carbocycles. The lowest BCUT2D eigenvalue weighted by Gasteiger charge is -2.09. The molecule has 0 bridgehead atoms. The number of benzene rings is 1. The van der Waals surface area contributed by atoms with E-state index >= 15 is 0 Å². The normalized spacial score (nSPS) is 11.1. The van der Waals surface area contributed by atoms with Gasteiger partial charge in [-0.1, -0.05) is 29.5 Å². The first-order valence-corrected chi connectivity index (χ1v) is 9.37. The predicted octanol–water partition coefficient (Wildman–Crippen LogP) is 2.00. The Morgan fingerprint density at radius 2 is 1.96 bits per heavy atom. The summed E-state index contributed by atoms with van der Waals surface area (Å²) in [7, 11) is 0. The van der Waals surface area contributed by atoms with E-state index in [-0.39, 0.29) is 12.1 Å². The molecule has 1 N–H and O–H groups in total. The van der Waals surface area contributed by atoms with Crippen LogP contribution in [-0.4, -0.2) is 35.7 Å². The summed E-state index contributed by atoms with van der Waals surface area (Å²) < 4.78 is 2.75. The number of rotatable bonds is 4. The van der Waals surface area contributed by atoms with Crippen LogP contribution in [0.5, 0.6) is 0 Å². The van der Waals surface area contributed by atoms with Crippen LogP contribution >= 0.6 is 11.3 Å². The third-order valence-corrected chi connectivity index (χ3v) is 5.03. The van der Waals surface area contributed by atoms with E-state index in [1.54, 1.807) is 24.7 Å². The molecule has 0 spiro atoms. The average Bonchev–Trinajstić information content (AvgIpc) is 3.26. The third-order valence-electron chi connectivity index (χ3n) is 4.28. The van der Waals surface area contributed by atoms with Gasteiger partial charge in [-0.05, 0) is 32.4 Å². The molecule has 28 heavy (non-hydrogen) atoms. The van der Waals surface area contributed by atoms with Crippen molar-refractivity contribution in [2.75, 3.05) is 5.32 Å². The highest BCUT2D eigenvalue weighted by Gasteiger charge is 2.17. The topological polar surface area (TPSA) is 108 Å². The smallest absolute Gasteiger partial charge is 0.293 e. The fourth-order valence-corrected chi connectivity index (χ4v) is 3.56. The Labute approximate surface area is 163 Å². The molecule has 0 aliphatic rings. The van der Waals surface area contributed by atoms with Gasteiger partial charge in [-0.2, -0.15) is 10.2 Å². The zero-order chi connectivity index (χ0) is 19.8. The SMILES string of the molecule is Cc1nnc(NC(=O)Cn2nc(C)c3cnn(-c4ccccc4C)c3c2=O)s1. The average molecular weight is 395 g/mol. The number of nitrogens with zero attached hydrogens (tertiary/aromatic N) is 6. The largest absolute Gasteiger partial charge is 0.299 e. The van der Waals surface area contributed by atoms with Crippen LogP contribution in [0.1, 0.15) is 16.3 Å². The van der Waals surface area contributed by atoms with Gasteiger partial charge in [0.1, 0.15) is 17.1 Å². The van der Waals surface area contributed by atoms with Crippen LogP contribution < -0.4 is 10.9 Å². The highest BCUT2D eigenvalue weighted by atomic mass is 32.1. The van der Waals surface area contributed by atoms with Crippen LogP contribution in [0.2, 0.25) is 0 Å². The van der Waals surface area contributed by atoms with Crippen molar-refractivity contribution >= 4 is 33.3 Å². The van der Waals surface area contributed by atoms with Crippen LogP contribution in [0.4, 0.5) is 5.13 Å². The van der Waals surface area contributed by atoms with Crippen molar-refractivity contribution < 1.29 is 4.79 Å². The molecule has 142 valence electrons. The van der Waals surface area contributed by atoms with Crippen molar-refractivity contribution in [2.45, 2.75) is 27.3 Å². The van der Waals surface area contributed by atoms with Gasteiger partial charge in [0, 0.05) is 5.39 Å². The van der Waals surface area contributed by atoms with Gasteiger partial charge in [0.15, 0.2) is 0 Å². The first-order chi connectivity index (χ1) is 13.4. The van der Waals surface area contributed by atoms with Crippen LogP contribution in [0.15, 0.2) is 35.3 Å². The summed E-state index contributed by atoms with van der Waals surface area (Å²) in [6, 6.07) is 7.66. The van der Waals surface area contributed by atoms with E-state index < -0.39 is 5.91 Å². The minimum absolute atomic E-state index is 0.229. The van der Waals surface area contributed by atoms with Crippen molar-refractivity contribution in [3.05, 3.63) is 57.1 Å². The third kappa shape index (κ3) is 3.18. The second-order valence-corrected chi connectivity index (χ2v) is 7.51. The number of amides is 1. The molecule has 4 aromatic rings. The van der Waals surface area contributed by atoms with E-state index in [0.717, 1.165) is 20.9 Å². The van der Waals surface area contributed by atoms with Crippen LogP contribution in [0, 0.1) is 20.8 Å². The number of anilines is 1. The molecule has 3 aromatic heterocycles. The maximum absolute atomic E-state index is 13.1. The van der Waals surface area contributed by atoms with Gasteiger partial charge >= 0.3 is 0 Å². The second-order valence-electron chi connectivity index (χ2n) is 6.33. The number of aromatic nitrogens is 6. The lowest BCUT2D eigenvalue weighted by atomic mass is 10.2. The fourth-order valence-electron chi connectivity index (χ4n) is 2.95. The number of fused-ring (bicyclic) bond motifs is 1. The molecule has 0 aliphatic heterocycles. The maximum Gasteiger partial charge on any atom is 0.293 e. The summed E-state index contributed by atoms with van der Waals surface area (Å²) in [5.74, 6) is -0.397. The molecule has 0 fully saturated rings. The Kier molecular flexibility index (Phi) is 4.47. The lowest BCUT2D eigenvalue weighted by Crippen LogP contribution is -2.31. The van der Waals surface area contributed by atoms with Gasteiger partial charge in [-0.3, -0.25) is 14.9 Å². The highest BCUT2D eigenvalue weighted by molar-refractivity contribution is 7.15. The number of aryl methyl sites for hydroxylation is 3. The Morgan fingerprint density at radius 1 is 1.18 bits per heavy atom. The van der Waals surface area contributed by atoms with E-state index in [1.165, 1.54) is 11.3 Å². The van der Waals surface area contributed by atoms with Gasteiger partial charge in [0.2, 0.25) is 11.0 Å². The van der Waals surface area contributed by atoms with E-state index in [1.807, 2.05) is 31.2 Å². The standard InChI is InChI=1S/C18H17N7O2S/c1-10-6-4-5-7-14(10)25-16-13(8-19-25)11(2)23-24(17(16)27)9-15(26)20-18-22-21-12(3)28-18/h4-8H,9H2,1-3H3,(H,20,22,26). The molecule has 1 aromatic carbocycles. The maximum atomic E-state index is 13.1. The van der Waals surface area contributed by atoms with E-state index in [4.69, 9.17) is 0 Å². The number of hydrogen-bond acceptors (Lipinski definition) is 7. The zero-order valence-electron chi connectivity index (χ0n) is 15.5. The van der Waals surface area contributed by atoms with Gasteiger partial charge in [-0.15, -0.1) is 10.2 Å². The van der Waals surface area contributed by atoms with Gasteiger partial charge < -0.3 is 0 Å². The summed E-state index contributed by atoms with van der Waals surface area (Å²) in [5.41, 5.74) is 2.41. The number of para-hydroxylation sites is 1. The molecule has 0 unspecified atom stereocenters. The van der Waals surface area contributed by atoms with Crippen LogP contribution in [-0.2, 0) is 11.3 Å². The van der Waals surface area contributed by atoms with Gasteiger partial charge in [-0.25, -0.2) is 9.36 Å². The molecule has 4 rings (SSSR count). The Bertz CT molecular complexity index is 1250. The summed E-state index contributed by atoms with van der Waals surface area (Å²) >= 11 is 1.26. The van der Waals surface area contributed by atoms with E-state index in [9.17, 15) is 9.59 Å². The summed E-state index contributed by atoms with van der Waals surface area (Å²) in [4.78, 5) is 25.4. The van der Waals surface area contributed by atoms with Crippen molar-refractivity contribution in [1.29, 1.82) is 0 Å². The number of carbonyl (C=O) groups excluding carboxylic acids is 1. The minimum Gasteiger partial charge on any atom is -0.299 e. The molecule has 9 nitrogen and oxygen atoms in total. The van der Waals surface area contributed by atoms with E-state index in [2.05, 4.69) is 25.7 Å². The molecule has 1 amide bonds. The molecule has 0 saturated heterocycles. The van der Waals surface area contributed by atoms with Gasteiger partial charge in [0.25, 0.3) is 5.56 Å². The molecular formula is C18H17N7O2S. The fraction of sp³-hybridized carbons (Fsp3) is 0.222. The van der Waals surface area contributed by atoms with Crippen LogP contribution in [0.25, 0.3) is 16.6 Å². The predicted molar refractivity (Wildman–Crippen MR) is 106 cm³/mol. The number of carbonyl (C=O) groups is 1. The quantitative estimate of drug-likeness (QED) is 0.566. The Balaban J connectivity index is 1.75.